The molecule has 0 aromatic heterocycles. The van der Waals surface area contributed by atoms with Crippen LogP contribution in [0.25, 0.3) is 0 Å². The molecule has 0 heterocycles. The number of primary amides is 1. The van der Waals surface area contributed by atoms with Crippen LogP contribution in [0, 0.1) is 13.8 Å². The van der Waals surface area contributed by atoms with Gasteiger partial charge in [-0.2, -0.15) is 5.10 Å². The van der Waals surface area contributed by atoms with Gasteiger partial charge in [-0.3, -0.25) is 10.2 Å². The van der Waals surface area contributed by atoms with Crippen LogP contribution in [0.1, 0.15) is 16.7 Å². The number of anilines is 1. The largest absolute Gasteiger partial charge is 0.493 e. The number of nitrogens with zero attached hydrogens (tertiary/aromatic N) is 1. The Morgan fingerprint density at radius 2 is 2.00 bits per heavy atom. The van der Waals surface area contributed by atoms with Crippen LogP contribution in [-0.2, 0) is 4.79 Å². The number of hydrazone groups is 1. The van der Waals surface area contributed by atoms with Crippen molar-refractivity contribution in [2.75, 3.05) is 19.0 Å². The molecule has 4 N–H and O–H groups in total. The van der Waals surface area contributed by atoms with Crippen molar-refractivity contribution in [1.82, 2.24) is 5.43 Å². The molecule has 0 fully saturated rings. The highest BCUT2D eigenvalue weighted by molar-refractivity contribution is 7.80. The molecule has 0 spiro atoms. The van der Waals surface area contributed by atoms with Gasteiger partial charge in [0.25, 0.3) is 5.91 Å². The van der Waals surface area contributed by atoms with Gasteiger partial charge in [0, 0.05) is 5.69 Å². The zero-order valence-corrected chi connectivity index (χ0v) is 16.2. The van der Waals surface area contributed by atoms with Crippen LogP contribution in [0.2, 0.25) is 0 Å². The van der Waals surface area contributed by atoms with Gasteiger partial charge in [0.05, 0.1) is 13.3 Å². The minimum Gasteiger partial charge on any atom is -0.493 e. The summed E-state index contributed by atoms with van der Waals surface area (Å²) in [6.07, 6.45) is 1.58. The van der Waals surface area contributed by atoms with Gasteiger partial charge in [-0.1, -0.05) is 17.7 Å². The Morgan fingerprint density at radius 3 is 2.67 bits per heavy atom. The number of hydrogen-bond donors (Lipinski definition) is 3. The van der Waals surface area contributed by atoms with E-state index in [1.807, 2.05) is 26.0 Å². The number of rotatable bonds is 7. The van der Waals surface area contributed by atoms with Crippen LogP contribution in [0.3, 0.4) is 0 Å². The summed E-state index contributed by atoms with van der Waals surface area (Å²) in [5, 5.41) is 7.58. The van der Waals surface area contributed by atoms with E-state index in [0.717, 1.165) is 16.8 Å². The van der Waals surface area contributed by atoms with Gasteiger partial charge in [-0.25, -0.2) is 0 Å². The van der Waals surface area contributed by atoms with Crippen LogP contribution in [0.5, 0.6) is 11.5 Å². The molecule has 0 aliphatic heterocycles. The summed E-state index contributed by atoms with van der Waals surface area (Å²) >= 11 is 5.25. The van der Waals surface area contributed by atoms with Crippen molar-refractivity contribution in [2.24, 2.45) is 10.8 Å². The quantitative estimate of drug-likeness (QED) is 0.384. The lowest BCUT2D eigenvalue weighted by Gasteiger charge is -2.11. The van der Waals surface area contributed by atoms with E-state index < -0.39 is 5.91 Å². The fraction of sp³-hybridized carbons (Fsp3) is 0.211. The van der Waals surface area contributed by atoms with Crippen LogP contribution in [0.4, 0.5) is 5.69 Å². The fourth-order valence-corrected chi connectivity index (χ4v) is 2.47. The number of aryl methyl sites for hydroxylation is 2. The molecule has 0 unspecified atom stereocenters. The number of thiocarbonyl (C=S) groups is 1. The van der Waals surface area contributed by atoms with Gasteiger partial charge in [-0.15, -0.1) is 0 Å². The topological polar surface area (TPSA) is 98.0 Å². The summed E-state index contributed by atoms with van der Waals surface area (Å²) in [6.45, 7) is 3.80. The van der Waals surface area contributed by atoms with Crippen molar-refractivity contribution in [1.29, 1.82) is 0 Å². The Hall–Kier alpha value is -3.13. The molecule has 0 bridgehead atoms. The highest BCUT2D eigenvalue weighted by Gasteiger charge is 2.07. The van der Waals surface area contributed by atoms with Crippen LogP contribution >= 0.6 is 12.2 Å². The first kappa shape index (κ1) is 20.2. The molecule has 0 saturated carbocycles. The van der Waals surface area contributed by atoms with E-state index >= 15 is 0 Å². The predicted octanol–water partition coefficient (Wildman–Crippen LogP) is 2.50. The highest BCUT2D eigenvalue weighted by atomic mass is 32.1. The van der Waals surface area contributed by atoms with Gasteiger partial charge >= 0.3 is 0 Å². The first-order valence-corrected chi connectivity index (χ1v) is 8.56. The second-order valence-electron chi connectivity index (χ2n) is 5.81. The number of carbonyl (C=O) groups is 1. The van der Waals surface area contributed by atoms with Crippen molar-refractivity contribution < 1.29 is 14.3 Å². The molecule has 142 valence electrons. The number of carbonyl (C=O) groups excluding carboxylic acids is 1. The first-order valence-electron chi connectivity index (χ1n) is 8.15. The van der Waals surface area contributed by atoms with E-state index in [9.17, 15) is 4.79 Å². The van der Waals surface area contributed by atoms with Gasteiger partial charge in [0.2, 0.25) is 0 Å². The second-order valence-corrected chi connectivity index (χ2v) is 6.22. The normalized spacial score (nSPS) is 10.5. The molecule has 1 amide bonds. The number of benzene rings is 2. The average Bonchev–Trinajstić information content (AvgIpc) is 2.62. The van der Waals surface area contributed by atoms with E-state index in [4.69, 9.17) is 27.4 Å². The standard InChI is InChI=1S/C19H22N4O3S/c1-12-4-6-15(13(2)8-12)22-19(27)23-21-10-14-5-7-16(25-3)17(9-14)26-11-18(20)24/h4-10H,11H2,1-3H3,(H2,20,24)(H2,22,23,27)/b21-10+. The fourth-order valence-electron chi connectivity index (χ4n) is 2.30. The number of methoxy groups -OCH3 is 1. The van der Waals surface area contributed by atoms with Crippen molar-refractivity contribution in [2.45, 2.75) is 13.8 Å². The van der Waals surface area contributed by atoms with Crippen LogP contribution in [-0.4, -0.2) is 31.0 Å². The molecule has 2 aromatic carbocycles. The molecule has 7 nitrogen and oxygen atoms in total. The Bertz CT molecular complexity index is 868. The Kier molecular flexibility index (Phi) is 7.13. The van der Waals surface area contributed by atoms with E-state index in [0.29, 0.717) is 16.6 Å². The van der Waals surface area contributed by atoms with Gasteiger partial charge in [-0.05, 0) is 61.5 Å². The molecule has 0 atom stereocenters. The summed E-state index contributed by atoms with van der Waals surface area (Å²) in [5.41, 5.74) is 11.8. The van der Waals surface area contributed by atoms with Crippen molar-refractivity contribution in [3.63, 3.8) is 0 Å². The number of hydrogen-bond acceptors (Lipinski definition) is 5. The van der Waals surface area contributed by atoms with Crippen molar-refractivity contribution in [3.8, 4) is 11.5 Å². The van der Waals surface area contributed by atoms with E-state index in [1.165, 1.54) is 12.7 Å². The van der Waals surface area contributed by atoms with E-state index in [2.05, 4.69) is 21.9 Å². The summed E-state index contributed by atoms with van der Waals surface area (Å²) in [7, 11) is 1.51. The zero-order valence-electron chi connectivity index (χ0n) is 15.4. The van der Waals surface area contributed by atoms with Crippen LogP contribution in [0.15, 0.2) is 41.5 Å². The molecule has 0 aliphatic rings. The van der Waals surface area contributed by atoms with E-state index in [-0.39, 0.29) is 6.61 Å². The maximum absolute atomic E-state index is 10.9. The third-order valence-electron chi connectivity index (χ3n) is 3.57. The van der Waals surface area contributed by atoms with Gasteiger partial charge in [0.15, 0.2) is 23.2 Å². The molecule has 27 heavy (non-hydrogen) atoms. The highest BCUT2D eigenvalue weighted by Crippen LogP contribution is 2.27. The second kappa shape index (κ2) is 9.54. The maximum Gasteiger partial charge on any atom is 0.255 e. The SMILES string of the molecule is COc1ccc(/C=N/NC(=S)Nc2ccc(C)cc2C)cc1OCC(N)=O. The minimum atomic E-state index is -0.569. The summed E-state index contributed by atoms with van der Waals surface area (Å²) in [6, 6.07) is 11.2. The summed E-state index contributed by atoms with van der Waals surface area (Å²) in [4.78, 5) is 10.9. The van der Waals surface area contributed by atoms with Gasteiger partial charge in [0.1, 0.15) is 0 Å². The lowest BCUT2D eigenvalue weighted by molar-refractivity contribution is -0.119. The summed E-state index contributed by atoms with van der Waals surface area (Å²) < 4.78 is 10.5. The van der Waals surface area contributed by atoms with E-state index in [1.54, 1.807) is 24.4 Å². The molecular weight excluding hydrogens is 364 g/mol. The third kappa shape index (κ3) is 6.27. The number of nitrogens with two attached hydrogens (primary N) is 1. The zero-order chi connectivity index (χ0) is 19.8. The number of ether oxygens (including phenoxy) is 2. The molecule has 2 rings (SSSR count). The van der Waals surface area contributed by atoms with Crippen LogP contribution < -0.4 is 25.9 Å². The molecular formula is C19H22N4O3S. The van der Waals surface area contributed by atoms with Crippen molar-refractivity contribution in [3.05, 3.63) is 53.1 Å². The smallest absolute Gasteiger partial charge is 0.255 e. The Balaban J connectivity index is 1.99. The summed E-state index contributed by atoms with van der Waals surface area (Å²) in [5.74, 6) is 0.324. The average molecular weight is 386 g/mol. The molecule has 0 aliphatic carbocycles. The molecule has 0 radical (unpaired) electrons. The van der Waals surface area contributed by atoms with Crippen molar-refractivity contribution >= 4 is 35.1 Å². The number of amides is 1. The predicted molar refractivity (Wildman–Crippen MR) is 111 cm³/mol. The Labute approximate surface area is 163 Å². The minimum absolute atomic E-state index is 0.237. The third-order valence-corrected chi connectivity index (χ3v) is 3.76. The number of nitrogens with one attached hydrogen (secondary N) is 2. The lowest BCUT2D eigenvalue weighted by Crippen LogP contribution is -2.24. The molecule has 2 aromatic rings. The van der Waals surface area contributed by atoms with Gasteiger partial charge < -0.3 is 20.5 Å². The monoisotopic (exact) mass is 386 g/mol. The Morgan fingerprint density at radius 1 is 1.22 bits per heavy atom. The molecule has 0 saturated heterocycles. The first-order chi connectivity index (χ1) is 12.9. The molecule has 8 heteroatoms. The maximum atomic E-state index is 10.9. The lowest BCUT2D eigenvalue weighted by atomic mass is 10.1.